The van der Waals surface area contributed by atoms with Gasteiger partial charge in [-0.25, -0.2) is 0 Å². The van der Waals surface area contributed by atoms with Crippen molar-refractivity contribution in [2.75, 3.05) is 0 Å². The Morgan fingerprint density at radius 1 is 1.43 bits per heavy atom. The fourth-order valence-electron chi connectivity index (χ4n) is 0.690. The molecule has 0 aromatic heterocycles. The van der Waals surface area contributed by atoms with Gasteiger partial charge in [-0.1, -0.05) is 0 Å². The average Bonchev–Trinajstić information content (AvgIpc) is 1.96. The van der Waals surface area contributed by atoms with Gasteiger partial charge in [-0.05, 0) is 6.42 Å². The number of aliphatic hydroxyl groups excluding tert-OH is 1. The normalized spacial score (nSPS) is 14.2. The van der Waals surface area contributed by atoms with E-state index in [2.05, 4.69) is 23.8 Å². The zero-order valence-electron chi connectivity index (χ0n) is 7.21. The third-order valence-electron chi connectivity index (χ3n) is 1.35. The molecule has 3 nitrogen and oxygen atoms in total. The smallest absolute Gasteiger partial charge is 0.384 e. The number of halogens is 3. The monoisotopic (exact) mass is 249 g/mol. The van der Waals surface area contributed by atoms with E-state index in [1.807, 2.05) is 0 Å². The number of rotatable bonds is 4. The van der Waals surface area contributed by atoms with Crippen LogP contribution in [0.3, 0.4) is 0 Å². The predicted molar refractivity (Wildman–Crippen MR) is 52.6 cm³/mol. The lowest BCUT2D eigenvalue weighted by Gasteiger charge is -2.14. The lowest BCUT2D eigenvalue weighted by Crippen LogP contribution is -2.32. The van der Waals surface area contributed by atoms with Crippen molar-refractivity contribution < 1.29 is 23.1 Å². The Balaban J connectivity index is 3.78. The van der Waals surface area contributed by atoms with Crippen molar-refractivity contribution in [3.05, 3.63) is 0 Å². The molecule has 0 aromatic carbocycles. The number of aliphatic hydroxyl groups is 1. The first-order valence-electron chi connectivity index (χ1n) is 3.79. The van der Waals surface area contributed by atoms with Crippen molar-refractivity contribution in [3.63, 3.8) is 0 Å². The van der Waals surface area contributed by atoms with Crippen LogP contribution in [-0.4, -0.2) is 28.8 Å². The summed E-state index contributed by atoms with van der Waals surface area (Å²) in [6.45, 7) is 0. The molecule has 3 unspecified atom stereocenters. The molecule has 0 aliphatic heterocycles. The van der Waals surface area contributed by atoms with Crippen LogP contribution < -0.4 is 5.32 Å². The first kappa shape index (κ1) is 14.1. The number of hydrogen-bond donors (Lipinski definition) is 2. The summed E-state index contributed by atoms with van der Waals surface area (Å²) in [6, 6.07) is 0. The third-order valence-corrected chi connectivity index (χ3v) is 1.68. The van der Waals surface area contributed by atoms with E-state index in [1.165, 1.54) is 0 Å². The summed E-state index contributed by atoms with van der Waals surface area (Å²) in [7, 11) is 4.49. The highest BCUT2D eigenvalue weighted by atomic mass is 31.1. The Morgan fingerprint density at radius 3 is 2.29 bits per heavy atom. The Labute approximate surface area is 84.2 Å². The summed E-state index contributed by atoms with van der Waals surface area (Å²) >= 11 is 0. The molecule has 0 saturated carbocycles. The quantitative estimate of drug-likeness (QED) is 0.725. The minimum Gasteiger partial charge on any atom is -0.384 e. The van der Waals surface area contributed by atoms with Gasteiger partial charge in [0.1, 0.15) is 6.10 Å². The number of nitrogens with one attached hydrogen (secondary N) is 1. The summed E-state index contributed by atoms with van der Waals surface area (Å²) < 4.78 is 35.3. The molecule has 0 aromatic rings. The Hall–Kier alpha value is 0.0800. The van der Waals surface area contributed by atoms with Crippen LogP contribution in [0.5, 0.6) is 0 Å². The van der Waals surface area contributed by atoms with Crippen molar-refractivity contribution >= 4 is 24.4 Å². The summed E-state index contributed by atoms with van der Waals surface area (Å²) in [4.78, 5) is 10.9. The van der Waals surface area contributed by atoms with Gasteiger partial charge in [-0.3, -0.25) is 4.79 Å². The SMILES string of the molecule is O=C(CCC(O)C(F)(F)F)NC(P)P. The molecule has 0 saturated heterocycles. The number of carbonyl (C=O) groups excluding carboxylic acids is 1. The molecule has 0 fully saturated rings. The summed E-state index contributed by atoms with van der Waals surface area (Å²) in [5, 5.41) is 10.9. The van der Waals surface area contributed by atoms with Crippen LogP contribution in [0.15, 0.2) is 0 Å². The molecule has 0 aliphatic carbocycles. The van der Waals surface area contributed by atoms with Crippen LogP contribution in [0.2, 0.25) is 0 Å². The summed E-state index contributed by atoms with van der Waals surface area (Å²) in [5.74, 6) is -0.525. The maximum atomic E-state index is 11.8. The van der Waals surface area contributed by atoms with E-state index in [-0.39, 0.29) is 11.9 Å². The van der Waals surface area contributed by atoms with Crippen LogP contribution in [0.4, 0.5) is 13.2 Å². The van der Waals surface area contributed by atoms with E-state index in [0.717, 1.165) is 0 Å². The molecule has 0 radical (unpaired) electrons. The molecule has 0 spiro atoms. The van der Waals surface area contributed by atoms with Gasteiger partial charge in [0.15, 0.2) is 0 Å². The van der Waals surface area contributed by atoms with E-state index in [0.29, 0.717) is 0 Å². The molecule has 8 heteroatoms. The van der Waals surface area contributed by atoms with Gasteiger partial charge < -0.3 is 10.4 Å². The summed E-state index contributed by atoms with van der Waals surface area (Å²) in [6.07, 6.45) is -8.04. The molecule has 0 rings (SSSR count). The fraction of sp³-hybridized carbons (Fsp3) is 0.833. The number of alkyl halides is 3. The van der Waals surface area contributed by atoms with Gasteiger partial charge in [0.25, 0.3) is 0 Å². The molecule has 0 heterocycles. The van der Waals surface area contributed by atoms with E-state index < -0.39 is 24.6 Å². The van der Waals surface area contributed by atoms with Crippen LogP contribution in [0.1, 0.15) is 12.8 Å². The minimum atomic E-state index is -4.65. The molecule has 2 N–H and O–H groups in total. The van der Waals surface area contributed by atoms with Crippen molar-refractivity contribution in [1.82, 2.24) is 5.32 Å². The first-order chi connectivity index (χ1) is 6.23. The van der Waals surface area contributed by atoms with Gasteiger partial charge in [0, 0.05) is 6.42 Å². The standard InChI is InChI=1S/C6H12F3NO2P2/c7-6(8,9)3(11)1-2-4(12)10-5(13)14/h3,5,11H,1-2,13-14H2,(H,10,12). The van der Waals surface area contributed by atoms with Gasteiger partial charge in [0.05, 0.1) is 5.52 Å². The Bertz CT molecular complexity index is 198. The van der Waals surface area contributed by atoms with Gasteiger partial charge in [-0.15, -0.1) is 18.5 Å². The minimum absolute atomic E-state index is 0.273. The average molecular weight is 249 g/mol. The zero-order chi connectivity index (χ0) is 11.4. The molecular formula is C6H12F3NO2P2. The topological polar surface area (TPSA) is 49.3 Å². The van der Waals surface area contributed by atoms with E-state index in [9.17, 15) is 18.0 Å². The van der Waals surface area contributed by atoms with E-state index in [4.69, 9.17) is 5.11 Å². The van der Waals surface area contributed by atoms with Gasteiger partial charge >= 0.3 is 6.18 Å². The van der Waals surface area contributed by atoms with E-state index >= 15 is 0 Å². The van der Waals surface area contributed by atoms with Gasteiger partial charge in [0.2, 0.25) is 5.91 Å². The number of carbonyl (C=O) groups is 1. The lowest BCUT2D eigenvalue weighted by molar-refractivity contribution is -0.205. The summed E-state index contributed by atoms with van der Waals surface area (Å²) in [5.41, 5.74) is -0.273. The first-order valence-corrected chi connectivity index (χ1v) is 5.12. The predicted octanol–water partition coefficient (Wildman–Crippen LogP) is 0.840. The second kappa shape index (κ2) is 5.84. The fourth-order valence-corrected chi connectivity index (χ4v) is 1.06. The zero-order valence-corrected chi connectivity index (χ0v) is 9.52. The van der Waals surface area contributed by atoms with Crippen molar-refractivity contribution in [1.29, 1.82) is 0 Å². The largest absolute Gasteiger partial charge is 0.414 e. The highest BCUT2D eigenvalue weighted by Gasteiger charge is 2.37. The van der Waals surface area contributed by atoms with Gasteiger partial charge in [-0.2, -0.15) is 13.2 Å². The molecule has 14 heavy (non-hydrogen) atoms. The molecular weight excluding hydrogens is 237 g/mol. The third kappa shape index (κ3) is 6.52. The van der Waals surface area contributed by atoms with E-state index in [1.54, 1.807) is 0 Å². The second-order valence-electron chi connectivity index (χ2n) is 2.69. The second-order valence-corrected chi connectivity index (χ2v) is 4.90. The molecule has 1 amide bonds. The Kier molecular flexibility index (Phi) is 5.87. The Morgan fingerprint density at radius 2 is 1.93 bits per heavy atom. The maximum Gasteiger partial charge on any atom is 0.414 e. The van der Waals surface area contributed by atoms with Crippen LogP contribution in [0, 0.1) is 0 Å². The molecule has 84 valence electrons. The van der Waals surface area contributed by atoms with Crippen molar-refractivity contribution in [2.24, 2.45) is 0 Å². The highest BCUT2D eigenvalue weighted by molar-refractivity contribution is 7.37. The lowest BCUT2D eigenvalue weighted by atomic mass is 10.2. The van der Waals surface area contributed by atoms with Crippen LogP contribution in [-0.2, 0) is 4.79 Å². The highest BCUT2D eigenvalue weighted by Crippen LogP contribution is 2.23. The van der Waals surface area contributed by atoms with Crippen molar-refractivity contribution in [2.45, 2.75) is 30.6 Å². The van der Waals surface area contributed by atoms with Crippen molar-refractivity contribution in [3.8, 4) is 0 Å². The van der Waals surface area contributed by atoms with Crippen LogP contribution in [0.25, 0.3) is 0 Å². The van der Waals surface area contributed by atoms with Crippen LogP contribution >= 0.6 is 18.5 Å². The number of hydrogen-bond acceptors (Lipinski definition) is 2. The molecule has 3 atom stereocenters. The molecule has 0 bridgehead atoms. The molecule has 0 aliphatic rings. The maximum absolute atomic E-state index is 11.8. The number of amides is 1.